The first kappa shape index (κ1) is 12.9. The number of phenols is 1. The van der Waals surface area contributed by atoms with E-state index in [9.17, 15) is 9.90 Å². The third kappa shape index (κ3) is 2.69. The van der Waals surface area contributed by atoms with Crippen molar-refractivity contribution in [1.82, 2.24) is 0 Å². The molecule has 0 radical (unpaired) electrons. The average molecular weight is 237 g/mol. The van der Waals surface area contributed by atoms with Gasteiger partial charge in [-0.1, -0.05) is 0 Å². The van der Waals surface area contributed by atoms with Crippen LogP contribution in [0, 0.1) is 6.92 Å². The van der Waals surface area contributed by atoms with Gasteiger partial charge in [0.05, 0.1) is 14.2 Å². The lowest BCUT2D eigenvalue weighted by molar-refractivity contribution is -0.113. The number of methoxy groups -OCH3 is 2. The van der Waals surface area contributed by atoms with Crippen LogP contribution in [-0.4, -0.2) is 25.2 Å². The molecule has 0 aromatic heterocycles. The molecule has 0 unspecified atom stereocenters. The van der Waals surface area contributed by atoms with E-state index in [1.165, 1.54) is 20.3 Å². The predicted molar refractivity (Wildman–Crippen MR) is 64.2 cm³/mol. The number of primary amides is 1. The van der Waals surface area contributed by atoms with Crippen LogP contribution in [0.1, 0.15) is 11.1 Å². The molecular weight excluding hydrogens is 222 g/mol. The number of rotatable bonds is 4. The van der Waals surface area contributed by atoms with Crippen molar-refractivity contribution in [2.75, 3.05) is 14.2 Å². The first-order valence-corrected chi connectivity index (χ1v) is 4.93. The normalized spacial score (nSPS) is 10.5. The summed E-state index contributed by atoms with van der Waals surface area (Å²) in [7, 11) is 2.96. The Morgan fingerprint density at radius 2 is 2.06 bits per heavy atom. The predicted octanol–water partition coefficient (Wildman–Crippen LogP) is 1.22. The van der Waals surface area contributed by atoms with Gasteiger partial charge >= 0.3 is 0 Å². The van der Waals surface area contributed by atoms with E-state index in [0.29, 0.717) is 22.6 Å². The van der Waals surface area contributed by atoms with Gasteiger partial charge in [-0.25, -0.2) is 0 Å². The number of amides is 1. The van der Waals surface area contributed by atoms with Gasteiger partial charge < -0.3 is 20.3 Å². The second kappa shape index (κ2) is 5.25. The standard InChI is InChI=1S/C12H15NO4/c1-7-9(16-2)6-8(4-5-10(13)14)11(15)12(7)17-3/h4-6,15H,1-3H3,(H2,13,14)/b5-4+. The second-order valence-corrected chi connectivity index (χ2v) is 3.41. The number of nitrogens with two attached hydrogens (primary N) is 1. The van der Waals surface area contributed by atoms with Crippen molar-refractivity contribution in [3.8, 4) is 17.2 Å². The van der Waals surface area contributed by atoms with E-state index in [2.05, 4.69) is 0 Å². The van der Waals surface area contributed by atoms with Crippen molar-refractivity contribution in [3.05, 3.63) is 23.3 Å². The van der Waals surface area contributed by atoms with Gasteiger partial charge in [0.25, 0.3) is 0 Å². The average Bonchev–Trinajstić information content (AvgIpc) is 2.28. The molecule has 0 spiro atoms. The van der Waals surface area contributed by atoms with Gasteiger partial charge in [0.15, 0.2) is 11.5 Å². The molecule has 92 valence electrons. The summed E-state index contributed by atoms with van der Waals surface area (Å²) in [6.45, 7) is 1.76. The Hall–Kier alpha value is -2.17. The highest BCUT2D eigenvalue weighted by molar-refractivity contribution is 5.91. The van der Waals surface area contributed by atoms with Crippen molar-refractivity contribution in [1.29, 1.82) is 0 Å². The molecule has 1 aromatic carbocycles. The molecule has 0 aliphatic carbocycles. The molecule has 0 saturated carbocycles. The minimum atomic E-state index is -0.595. The molecule has 0 heterocycles. The highest BCUT2D eigenvalue weighted by atomic mass is 16.5. The smallest absolute Gasteiger partial charge is 0.241 e. The van der Waals surface area contributed by atoms with Gasteiger partial charge in [0, 0.05) is 17.2 Å². The van der Waals surface area contributed by atoms with Crippen LogP contribution in [0.5, 0.6) is 17.2 Å². The molecule has 0 bridgehead atoms. The number of carbonyl (C=O) groups excluding carboxylic acids is 1. The van der Waals surface area contributed by atoms with Crippen LogP contribution in [0.4, 0.5) is 0 Å². The summed E-state index contributed by atoms with van der Waals surface area (Å²) >= 11 is 0. The Bertz CT molecular complexity index is 466. The largest absolute Gasteiger partial charge is 0.504 e. The molecule has 0 aliphatic heterocycles. The Labute approximate surface area is 99.5 Å². The van der Waals surface area contributed by atoms with Gasteiger partial charge in [-0.3, -0.25) is 4.79 Å². The molecular formula is C12H15NO4. The molecule has 0 saturated heterocycles. The topological polar surface area (TPSA) is 81.8 Å². The minimum Gasteiger partial charge on any atom is -0.504 e. The number of hydrogen-bond acceptors (Lipinski definition) is 4. The Morgan fingerprint density at radius 3 is 2.53 bits per heavy atom. The third-order valence-corrected chi connectivity index (χ3v) is 2.34. The Balaban J connectivity index is 3.36. The number of benzene rings is 1. The summed E-state index contributed by atoms with van der Waals surface area (Å²) < 4.78 is 10.2. The maximum atomic E-state index is 10.7. The highest BCUT2D eigenvalue weighted by Crippen LogP contribution is 2.39. The molecule has 1 amide bonds. The van der Waals surface area contributed by atoms with Crippen molar-refractivity contribution in [3.63, 3.8) is 0 Å². The summed E-state index contributed by atoms with van der Waals surface area (Å²) in [6.07, 6.45) is 2.56. The van der Waals surface area contributed by atoms with Crippen LogP contribution in [0.3, 0.4) is 0 Å². The zero-order valence-electron chi connectivity index (χ0n) is 9.98. The molecule has 0 atom stereocenters. The van der Waals surface area contributed by atoms with Crippen LogP contribution >= 0.6 is 0 Å². The van der Waals surface area contributed by atoms with E-state index in [0.717, 1.165) is 6.08 Å². The summed E-state index contributed by atoms with van der Waals surface area (Å²) in [5.74, 6) is 0.225. The monoisotopic (exact) mass is 237 g/mol. The van der Waals surface area contributed by atoms with E-state index in [1.54, 1.807) is 13.0 Å². The molecule has 17 heavy (non-hydrogen) atoms. The first-order chi connectivity index (χ1) is 8.01. The minimum absolute atomic E-state index is 0.0525. The highest BCUT2D eigenvalue weighted by Gasteiger charge is 2.14. The summed E-state index contributed by atoms with van der Waals surface area (Å²) in [5, 5.41) is 9.92. The number of ether oxygens (including phenoxy) is 2. The van der Waals surface area contributed by atoms with Crippen molar-refractivity contribution in [2.24, 2.45) is 5.73 Å². The summed E-state index contributed by atoms with van der Waals surface area (Å²) in [6, 6.07) is 1.60. The van der Waals surface area contributed by atoms with E-state index < -0.39 is 5.91 Å². The first-order valence-electron chi connectivity index (χ1n) is 4.93. The molecule has 1 rings (SSSR count). The third-order valence-electron chi connectivity index (χ3n) is 2.34. The van der Waals surface area contributed by atoms with E-state index >= 15 is 0 Å². The van der Waals surface area contributed by atoms with Gasteiger partial charge in [-0.2, -0.15) is 0 Å². The van der Waals surface area contributed by atoms with Gasteiger partial charge in [0.2, 0.25) is 5.91 Å². The summed E-state index contributed by atoms with van der Waals surface area (Å²) in [5.41, 5.74) is 6.08. The van der Waals surface area contributed by atoms with Crippen LogP contribution in [0.2, 0.25) is 0 Å². The molecule has 1 aromatic rings. The maximum absolute atomic E-state index is 10.7. The molecule has 5 heteroatoms. The Kier molecular flexibility index (Phi) is 3.98. The lowest BCUT2D eigenvalue weighted by Crippen LogP contribution is -2.05. The summed E-state index contributed by atoms with van der Waals surface area (Å²) in [4.78, 5) is 10.7. The number of carbonyl (C=O) groups is 1. The Morgan fingerprint density at radius 1 is 1.41 bits per heavy atom. The lowest BCUT2D eigenvalue weighted by atomic mass is 10.1. The fourth-order valence-electron chi connectivity index (χ4n) is 1.50. The van der Waals surface area contributed by atoms with Crippen molar-refractivity contribution < 1.29 is 19.4 Å². The number of phenolic OH excluding ortho intramolecular Hbond substituents is 1. The quantitative estimate of drug-likeness (QED) is 0.771. The van der Waals surface area contributed by atoms with Crippen molar-refractivity contribution >= 4 is 12.0 Å². The van der Waals surface area contributed by atoms with Crippen LogP contribution in [0.25, 0.3) is 6.08 Å². The fourth-order valence-corrected chi connectivity index (χ4v) is 1.50. The molecule has 3 N–H and O–H groups in total. The van der Waals surface area contributed by atoms with Crippen LogP contribution in [0.15, 0.2) is 12.1 Å². The van der Waals surface area contributed by atoms with Crippen LogP contribution in [-0.2, 0) is 4.79 Å². The van der Waals surface area contributed by atoms with Crippen LogP contribution < -0.4 is 15.2 Å². The number of aromatic hydroxyl groups is 1. The fraction of sp³-hybridized carbons (Fsp3) is 0.250. The molecule has 5 nitrogen and oxygen atoms in total. The zero-order valence-corrected chi connectivity index (χ0v) is 9.98. The SMILES string of the molecule is COc1cc(/C=C/C(N)=O)c(O)c(OC)c1C. The lowest BCUT2D eigenvalue weighted by Gasteiger charge is -2.13. The van der Waals surface area contributed by atoms with E-state index in [4.69, 9.17) is 15.2 Å². The van der Waals surface area contributed by atoms with E-state index in [1.807, 2.05) is 0 Å². The van der Waals surface area contributed by atoms with Gasteiger partial charge in [-0.05, 0) is 19.1 Å². The molecule has 0 aliphatic rings. The molecule has 0 fully saturated rings. The van der Waals surface area contributed by atoms with Crippen molar-refractivity contribution in [2.45, 2.75) is 6.92 Å². The van der Waals surface area contributed by atoms with E-state index in [-0.39, 0.29) is 5.75 Å². The second-order valence-electron chi connectivity index (χ2n) is 3.41. The number of hydrogen-bond donors (Lipinski definition) is 2. The zero-order chi connectivity index (χ0) is 13.0. The maximum Gasteiger partial charge on any atom is 0.241 e. The van der Waals surface area contributed by atoms with Gasteiger partial charge in [0.1, 0.15) is 5.75 Å². The van der Waals surface area contributed by atoms with Gasteiger partial charge in [-0.15, -0.1) is 0 Å².